The van der Waals surface area contributed by atoms with Gasteiger partial charge in [-0.1, -0.05) is 6.58 Å². The van der Waals surface area contributed by atoms with E-state index in [1.54, 1.807) is 0 Å². The van der Waals surface area contributed by atoms with Crippen molar-refractivity contribution in [3.63, 3.8) is 0 Å². The van der Waals surface area contributed by atoms with Crippen molar-refractivity contribution in [1.29, 1.82) is 0 Å². The van der Waals surface area contributed by atoms with E-state index in [0.29, 0.717) is 13.0 Å². The predicted octanol–water partition coefficient (Wildman–Crippen LogP) is 1.01. The maximum Gasteiger partial charge on any atom is 0.330 e. The van der Waals surface area contributed by atoms with Crippen LogP contribution in [0.1, 0.15) is 25.7 Å². The van der Waals surface area contributed by atoms with Gasteiger partial charge >= 0.3 is 5.97 Å². The standard InChI is InChI=1S/C12H20O5/c1-2-11(14)15-8-6-12-16-9-10(17-12)5-3-4-7-13/h2,10,12-13H,1,3-9H2. The second-order valence-corrected chi connectivity index (χ2v) is 3.90. The van der Waals surface area contributed by atoms with Gasteiger partial charge in [0.1, 0.15) is 0 Å². The zero-order valence-electron chi connectivity index (χ0n) is 9.97. The highest BCUT2D eigenvalue weighted by Crippen LogP contribution is 2.18. The molecule has 1 saturated heterocycles. The monoisotopic (exact) mass is 244 g/mol. The highest BCUT2D eigenvalue weighted by atomic mass is 16.7. The van der Waals surface area contributed by atoms with E-state index in [4.69, 9.17) is 19.3 Å². The first kappa shape index (κ1) is 14.2. The van der Waals surface area contributed by atoms with Gasteiger partial charge in [-0.15, -0.1) is 0 Å². The van der Waals surface area contributed by atoms with E-state index in [1.807, 2.05) is 0 Å². The molecule has 0 radical (unpaired) electrons. The van der Waals surface area contributed by atoms with Gasteiger partial charge in [0.2, 0.25) is 0 Å². The molecule has 0 saturated carbocycles. The summed E-state index contributed by atoms with van der Waals surface area (Å²) in [6.07, 6.45) is 4.10. The largest absolute Gasteiger partial charge is 0.462 e. The van der Waals surface area contributed by atoms with Crippen molar-refractivity contribution in [2.45, 2.75) is 38.1 Å². The number of hydrogen-bond acceptors (Lipinski definition) is 5. The fourth-order valence-corrected chi connectivity index (χ4v) is 1.61. The van der Waals surface area contributed by atoms with Gasteiger partial charge in [-0.2, -0.15) is 0 Å². The Labute approximate surface area is 101 Å². The van der Waals surface area contributed by atoms with E-state index < -0.39 is 5.97 Å². The number of ether oxygens (including phenoxy) is 3. The lowest BCUT2D eigenvalue weighted by atomic mass is 10.2. The van der Waals surface area contributed by atoms with Gasteiger partial charge in [0, 0.05) is 19.1 Å². The molecule has 2 atom stereocenters. The van der Waals surface area contributed by atoms with E-state index in [2.05, 4.69) is 6.58 Å². The highest BCUT2D eigenvalue weighted by Gasteiger charge is 2.25. The van der Waals surface area contributed by atoms with E-state index in [0.717, 1.165) is 25.3 Å². The first-order chi connectivity index (χ1) is 8.26. The van der Waals surface area contributed by atoms with E-state index in [9.17, 15) is 4.79 Å². The van der Waals surface area contributed by atoms with Crippen LogP contribution < -0.4 is 0 Å². The summed E-state index contributed by atoms with van der Waals surface area (Å²) in [5.41, 5.74) is 0. The van der Waals surface area contributed by atoms with Crippen molar-refractivity contribution in [3.05, 3.63) is 12.7 Å². The summed E-state index contributed by atoms with van der Waals surface area (Å²) in [6, 6.07) is 0. The predicted molar refractivity (Wildman–Crippen MR) is 61.3 cm³/mol. The highest BCUT2D eigenvalue weighted by molar-refractivity contribution is 5.81. The minimum Gasteiger partial charge on any atom is -0.462 e. The number of carbonyl (C=O) groups is 1. The van der Waals surface area contributed by atoms with Gasteiger partial charge in [-0.3, -0.25) is 0 Å². The van der Waals surface area contributed by atoms with Crippen molar-refractivity contribution in [1.82, 2.24) is 0 Å². The van der Waals surface area contributed by atoms with Crippen LogP contribution in [0, 0.1) is 0 Å². The van der Waals surface area contributed by atoms with E-state index in [1.165, 1.54) is 0 Å². The Hall–Kier alpha value is -0.910. The fraction of sp³-hybridized carbons (Fsp3) is 0.750. The smallest absolute Gasteiger partial charge is 0.330 e. The Bertz CT molecular complexity index is 241. The van der Waals surface area contributed by atoms with Gasteiger partial charge < -0.3 is 19.3 Å². The molecule has 98 valence electrons. The molecule has 1 aliphatic heterocycles. The summed E-state index contributed by atoms with van der Waals surface area (Å²) in [7, 11) is 0. The summed E-state index contributed by atoms with van der Waals surface area (Å²) in [5, 5.41) is 8.66. The lowest BCUT2D eigenvalue weighted by Gasteiger charge is -2.11. The quantitative estimate of drug-likeness (QED) is 0.392. The second-order valence-electron chi connectivity index (χ2n) is 3.90. The van der Waals surface area contributed by atoms with Crippen molar-refractivity contribution < 1.29 is 24.1 Å². The van der Waals surface area contributed by atoms with E-state index in [-0.39, 0.29) is 25.6 Å². The number of rotatable bonds is 8. The number of esters is 1. The van der Waals surface area contributed by atoms with Crippen LogP contribution in [0.3, 0.4) is 0 Å². The normalized spacial score (nSPS) is 23.6. The van der Waals surface area contributed by atoms with Gasteiger partial charge in [-0.05, 0) is 19.3 Å². The molecule has 2 unspecified atom stereocenters. The van der Waals surface area contributed by atoms with Crippen LogP contribution >= 0.6 is 0 Å². The molecule has 1 N–H and O–H groups in total. The first-order valence-electron chi connectivity index (χ1n) is 5.93. The molecule has 5 nitrogen and oxygen atoms in total. The maximum atomic E-state index is 10.8. The van der Waals surface area contributed by atoms with E-state index >= 15 is 0 Å². The zero-order valence-corrected chi connectivity index (χ0v) is 9.97. The molecule has 0 aliphatic carbocycles. The Morgan fingerprint density at radius 2 is 2.29 bits per heavy atom. The lowest BCUT2D eigenvalue weighted by Crippen LogP contribution is -2.15. The maximum absolute atomic E-state index is 10.8. The first-order valence-corrected chi connectivity index (χ1v) is 5.93. The van der Waals surface area contributed by atoms with Gasteiger partial charge in [0.15, 0.2) is 6.29 Å². The summed E-state index contributed by atoms with van der Waals surface area (Å²) in [5.74, 6) is -0.428. The molecule has 5 heteroatoms. The zero-order chi connectivity index (χ0) is 12.5. The number of unbranched alkanes of at least 4 members (excludes halogenated alkanes) is 1. The van der Waals surface area contributed by atoms with Crippen LogP contribution in [0.15, 0.2) is 12.7 Å². The second kappa shape index (κ2) is 8.22. The molecule has 0 aromatic carbocycles. The molecule has 0 amide bonds. The number of aliphatic hydroxyl groups is 1. The van der Waals surface area contributed by atoms with Crippen molar-refractivity contribution in [3.8, 4) is 0 Å². The molecule has 0 bridgehead atoms. The summed E-state index contributed by atoms with van der Waals surface area (Å²) in [4.78, 5) is 10.8. The third-order valence-corrected chi connectivity index (χ3v) is 2.51. The topological polar surface area (TPSA) is 65.0 Å². The summed E-state index contributed by atoms with van der Waals surface area (Å²) in [6.45, 7) is 4.38. The SMILES string of the molecule is C=CC(=O)OCCC1OCC(CCCCO)O1. The van der Waals surface area contributed by atoms with Crippen LogP contribution in [0.2, 0.25) is 0 Å². The minimum absolute atomic E-state index is 0.0988. The number of carbonyl (C=O) groups excluding carboxylic acids is 1. The van der Waals surface area contributed by atoms with Crippen LogP contribution in [-0.2, 0) is 19.0 Å². The van der Waals surface area contributed by atoms with Crippen LogP contribution in [0.25, 0.3) is 0 Å². The van der Waals surface area contributed by atoms with Gasteiger partial charge in [-0.25, -0.2) is 4.79 Å². The average molecular weight is 244 g/mol. The molecule has 1 fully saturated rings. The lowest BCUT2D eigenvalue weighted by molar-refractivity contribution is -0.140. The molecule has 1 heterocycles. The number of hydrogen-bond donors (Lipinski definition) is 1. The Kier molecular flexibility index (Phi) is 6.84. The average Bonchev–Trinajstić information content (AvgIpc) is 2.77. The summed E-state index contributed by atoms with van der Waals surface area (Å²) >= 11 is 0. The molecular weight excluding hydrogens is 224 g/mol. The van der Waals surface area contributed by atoms with Gasteiger partial charge in [0.05, 0.1) is 19.3 Å². The third-order valence-electron chi connectivity index (χ3n) is 2.51. The van der Waals surface area contributed by atoms with Gasteiger partial charge in [0.25, 0.3) is 0 Å². The molecular formula is C12H20O5. The minimum atomic E-state index is -0.428. The number of aliphatic hydroxyl groups excluding tert-OH is 1. The third kappa shape index (κ3) is 5.81. The van der Waals surface area contributed by atoms with Crippen molar-refractivity contribution in [2.75, 3.05) is 19.8 Å². The fourth-order valence-electron chi connectivity index (χ4n) is 1.61. The molecule has 1 aliphatic rings. The molecule has 0 spiro atoms. The Balaban J connectivity index is 2.05. The molecule has 0 aromatic rings. The Morgan fingerprint density at radius 3 is 3.00 bits per heavy atom. The summed E-state index contributed by atoms with van der Waals surface area (Å²) < 4.78 is 15.8. The molecule has 1 rings (SSSR count). The molecule has 17 heavy (non-hydrogen) atoms. The molecule has 0 aromatic heterocycles. The van der Waals surface area contributed by atoms with Crippen molar-refractivity contribution >= 4 is 5.97 Å². The Morgan fingerprint density at radius 1 is 1.47 bits per heavy atom. The van der Waals surface area contributed by atoms with Crippen molar-refractivity contribution in [2.24, 2.45) is 0 Å². The van der Waals surface area contributed by atoms with Crippen LogP contribution in [0.4, 0.5) is 0 Å². The van der Waals surface area contributed by atoms with Crippen LogP contribution in [-0.4, -0.2) is 43.3 Å². The van der Waals surface area contributed by atoms with Crippen LogP contribution in [0.5, 0.6) is 0 Å².